The lowest BCUT2D eigenvalue weighted by Crippen LogP contribution is -2.12. The first-order chi connectivity index (χ1) is 25.6. The van der Waals surface area contributed by atoms with Gasteiger partial charge >= 0.3 is 0 Å². The minimum atomic E-state index is -0.159. The van der Waals surface area contributed by atoms with Crippen molar-refractivity contribution in [1.29, 1.82) is 0 Å². The normalized spacial score (nSPS) is 12.3. The first-order valence-corrected chi connectivity index (χ1v) is 19.3. The number of phenols is 1. The summed E-state index contributed by atoms with van der Waals surface area (Å²) in [5.74, 6) is 1.46. The quantitative estimate of drug-likeness (QED) is 0.179. The molecule has 2 aromatic heterocycles. The fourth-order valence-electron chi connectivity index (χ4n) is 7.45. The van der Waals surface area contributed by atoms with E-state index in [0.29, 0.717) is 5.56 Å². The largest absolute Gasteiger partial charge is 0.507 e. The maximum Gasteiger partial charge on any atom is 0.149 e. The van der Waals surface area contributed by atoms with E-state index < -0.39 is 0 Å². The van der Waals surface area contributed by atoms with E-state index in [2.05, 4.69) is 165 Å². The van der Waals surface area contributed by atoms with Crippen LogP contribution in [0.3, 0.4) is 0 Å². The van der Waals surface area contributed by atoms with Crippen molar-refractivity contribution < 1.29 is 5.11 Å². The molecule has 274 valence electrons. The Morgan fingerprint density at radius 2 is 1.17 bits per heavy atom. The Labute approximate surface area is 321 Å². The number of hydrogen-bond acceptors (Lipinski definition) is 3. The summed E-state index contributed by atoms with van der Waals surface area (Å²) < 4.78 is 2.34. The third-order valence-corrected chi connectivity index (χ3v) is 10.6. The monoisotopic (exact) mass is 711 g/mol. The van der Waals surface area contributed by atoms with E-state index in [1.54, 1.807) is 6.07 Å². The average molecular weight is 712 g/mol. The van der Waals surface area contributed by atoms with Crippen LogP contribution in [0, 0.1) is 0 Å². The van der Waals surface area contributed by atoms with Crippen LogP contribution in [-0.2, 0) is 10.8 Å². The summed E-state index contributed by atoms with van der Waals surface area (Å²) in [4.78, 5) is 10.5. The van der Waals surface area contributed by atoms with Crippen LogP contribution in [0.25, 0.3) is 61.6 Å². The first-order valence-electron chi connectivity index (χ1n) is 19.3. The van der Waals surface area contributed by atoms with Crippen LogP contribution < -0.4 is 0 Å². The second-order valence-electron chi connectivity index (χ2n) is 17.4. The van der Waals surface area contributed by atoms with E-state index in [1.807, 2.05) is 24.4 Å². The average Bonchev–Trinajstić information content (AvgIpc) is 3.52. The van der Waals surface area contributed by atoms with Crippen LogP contribution >= 0.6 is 0 Å². The van der Waals surface area contributed by atoms with Crippen molar-refractivity contribution in [1.82, 2.24) is 14.5 Å². The van der Waals surface area contributed by atoms with E-state index in [4.69, 9.17) is 9.97 Å². The maximum absolute atomic E-state index is 11.4. The molecule has 0 aliphatic heterocycles. The van der Waals surface area contributed by atoms with Gasteiger partial charge in [-0.2, -0.15) is 0 Å². The third-order valence-electron chi connectivity index (χ3n) is 10.6. The van der Waals surface area contributed by atoms with E-state index in [0.717, 1.165) is 56.1 Å². The van der Waals surface area contributed by atoms with Crippen LogP contribution in [0.4, 0.5) is 0 Å². The third kappa shape index (κ3) is 6.98. The highest BCUT2D eigenvalue weighted by Crippen LogP contribution is 2.44. The SMILES string of the molecule is CC(C)c1cccc(C(C)C)c1-n1c(-c2ccccc2O)nc2c(-c3cc(-c4ccccc4)cc(-c4cc(C(C)(C)C)ccn4)c3)cc(C(C)(C)C)cc21. The molecule has 5 aromatic carbocycles. The Kier molecular flexibility index (Phi) is 9.60. The van der Waals surface area contributed by atoms with Gasteiger partial charge in [-0.05, 0) is 116 Å². The number of phenolic OH excluding ortho intramolecular Hbond substituents is 1. The standard InChI is InChI=1S/C50H53N3O/c1-31(2)39-20-16-21-40(32(3)4)47(39)53-44-30-38(50(8,9)10)28-42(46(44)52-48(53)41-19-14-15-22-45(41)54)35-25-34(33-17-12-11-13-18-33)26-36(27-35)43-29-37(23-24-51-43)49(5,6)7/h11-32,54H,1-10H3. The highest BCUT2D eigenvalue weighted by Gasteiger charge is 2.27. The molecular weight excluding hydrogens is 659 g/mol. The number of fused-ring (bicyclic) bond motifs is 1. The Bertz CT molecular complexity index is 2450. The fraction of sp³-hybridized carbons (Fsp3) is 0.280. The Balaban J connectivity index is 1.64. The molecule has 0 amide bonds. The predicted molar refractivity (Wildman–Crippen MR) is 228 cm³/mol. The van der Waals surface area contributed by atoms with Gasteiger partial charge in [-0.25, -0.2) is 4.98 Å². The molecule has 0 spiro atoms. The van der Waals surface area contributed by atoms with Crippen molar-refractivity contribution in [3.63, 3.8) is 0 Å². The smallest absolute Gasteiger partial charge is 0.149 e. The van der Waals surface area contributed by atoms with E-state index in [1.165, 1.54) is 22.3 Å². The van der Waals surface area contributed by atoms with Gasteiger partial charge in [-0.1, -0.05) is 130 Å². The van der Waals surface area contributed by atoms with Gasteiger partial charge in [-0.15, -0.1) is 0 Å². The molecule has 2 heterocycles. The van der Waals surface area contributed by atoms with Crippen molar-refractivity contribution in [3.05, 3.63) is 144 Å². The van der Waals surface area contributed by atoms with E-state index >= 15 is 0 Å². The van der Waals surface area contributed by atoms with Gasteiger partial charge in [0.2, 0.25) is 0 Å². The second-order valence-corrected chi connectivity index (χ2v) is 17.4. The number of aromatic hydroxyl groups is 1. The molecule has 0 unspecified atom stereocenters. The van der Waals surface area contributed by atoms with Gasteiger partial charge < -0.3 is 5.11 Å². The van der Waals surface area contributed by atoms with Gasteiger partial charge in [0, 0.05) is 17.3 Å². The Hall–Kier alpha value is -5.48. The zero-order chi connectivity index (χ0) is 38.5. The van der Waals surface area contributed by atoms with Crippen LogP contribution in [0.5, 0.6) is 5.75 Å². The first kappa shape index (κ1) is 36.9. The minimum Gasteiger partial charge on any atom is -0.507 e. The lowest BCUT2D eigenvalue weighted by atomic mass is 9.84. The fourth-order valence-corrected chi connectivity index (χ4v) is 7.45. The molecule has 4 nitrogen and oxygen atoms in total. The molecule has 54 heavy (non-hydrogen) atoms. The summed E-state index contributed by atoms with van der Waals surface area (Å²) in [6.45, 7) is 22.6. The molecule has 1 N–H and O–H groups in total. The summed E-state index contributed by atoms with van der Waals surface area (Å²) in [6, 6.07) is 40.7. The van der Waals surface area contributed by atoms with Gasteiger partial charge in [0.15, 0.2) is 0 Å². The highest BCUT2D eigenvalue weighted by molar-refractivity contribution is 5.98. The summed E-state index contributed by atoms with van der Waals surface area (Å²) >= 11 is 0. The highest BCUT2D eigenvalue weighted by atomic mass is 16.3. The molecule has 0 aliphatic rings. The van der Waals surface area contributed by atoms with Crippen LogP contribution in [0.1, 0.15) is 103 Å². The van der Waals surface area contributed by atoms with E-state index in [-0.39, 0.29) is 28.4 Å². The number of pyridine rings is 1. The van der Waals surface area contributed by atoms with Gasteiger partial charge in [-0.3, -0.25) is 9.55 Å². The molecule has 0 aliphatic carbocycles. The lowest BCUT2D eigenvalue weighted by Gasteiger charge is -2.24. The number of para-hydroxylation sites is 2. The maximum atomic E-state index is 11.4. The molecule has 7 aromatic rings. The number of nitrogens with zero attached hydrogens (tertiary/aromatic N) is 3. The van der Waals surface area contributed by atoms with Crippen molar-refractivity contribution in [2.75, 3.05) is 0 Å². The van der Waals surface area contributed by atoms with Crippen molar-refractivity contribution in [2.24, 2.45) is 0 Å². The van der Waals surface area contributed by atoms with E-state index in [9.17, 15) is 5.11 Å². The van der Waals surface area contributed by atoms with Crippen molar-refractivity contribution in [2.45, 2.75) is 91.9 Å². The second kappa shape index (κ2) is 14.1. The van der Waals surface area contributed by atoms with Gasteiger partial charge in [0.25, 0.3) is 0 Å². The van der Waals surface area contributed by atoms with Crippen LogP contribution in [0.15, 0.2) is 121 Å². The number of benzene rings is 5. The number of aromatic nitrogens is 3. The summed E-state index contributed by atoms with van der Waals surface area (Å²) in [6.07, 6.45) is 1.93. The lowest BCUT2D eigenvalue weighted by molar-refractivity contribution is 0.477. The zero-order valence-electron chi connectivity index (χ0n) is 33.5. The van der Waals surface area contributed by atoms with Crippen LogP contribution in [0.2, 0.25) is 0 Å². The molecule has 0 saturated heterocycles. The van der Waals surface area contributed by atoms with Gasteiger partial charge in [0.05, 0.1) is 28.0 Å². The number of rotatable bonds is 7. The summed E-state index contributed by atoms with van der Waals surface area (Å²) in [5, 5.41) is 11.4. The molecule has 0 atom stereocenters. The molecule has 0 saturated carbocycles. The van der Waals surface area contributed by atoms with Gasteiger partial charge in [0.1, 0.15) is 11.6 Å². The Morgan fingerprint density at radius 3 is 1.80 bits per heavy atom. The zero-order valence-corrected chi connectivity index (χ0v) is 33.5. The minimum absolute atomic E-state index is 0.0158. The Morgan fingerprint density at radius 1 is 0.556 bits per heavy atom. The molecule has 0 radical (unpaired) electrons. The molecule has 4 heteroatoms. The molecule has 0 fully saturated rings. The van der Waals surface area contributed by atoms with Crippen molar-refractivity contribution >= 4 is 11.0 Å². The molecule has 7 rings (SSSR count). The van der Waals surface area contributed by atoms with Crippen LogP contribution in [-0.4, -0.2) is 19.6 Å². The number of hydrogen-bond donors (Lipinski definition) is 1. The molecule has 0 bridgehead atoms. The summed E-state index contributed by atoms with van der Waals surface area (Å²) in [5.41, 5.74) is 14.9. The van der Waals surface area contributed by atoms with Crippen molar-refractivity contribution in [3.8, 4) is 56.3 Å². The predicted octanol–water partition coefficient (Wildman–Crippen LogP) is 13.6. The number of imidazole rings is 1. The molecular formula is C50H53N3O. The summed E-state index contributed by atoms with van der Waals surface area (Å²) in [7, 11) is 0. The topological polar surface area (TPSA) is 50.9 Å².